The van der Waals surface area contributed by atoms with Crippen LogP contribution in [-0.4, -0.2) is 35.6 Å². The number of benzene rings is 1. The molecule has 0 unspecified atom stereocenters. The molecule has 0 radical (unpaired) electrons. The molecule has 0 saturated carbocycles. The molecule has 0 aliphatic carbocycles. The highest BCUT2D eigenvalue weighted by molar-refractivity contribution is 5.94. The van der Waals surface area contributed by atoms with Gasteiger partial charge in [-0.05, 0) is 24.1 Å². The Morgan fingerprint density at radius 2 is 1.94 bits per heavy atom. The second kappa shape index (κ2) is 7.04. The molecule has 1 amide bonds. The SMILES string of the molecule is CCCN(CCO)C(=O)c1ccc(CN)cc1. The molecule has 0 aliphatic rings. The van der Waals surface area contributed by atoms with Crippen LogP contribution in [0.3, 0.4) is 0 Å². The maximum absolute atomic E-state index is 12.1. The Kier molecular flexibility index (Phi) is 5.66. The minimum Gasteiger partial charge on any atom is -0.395 e. The molecule has 0 fully saturated rings. The van der Waals surface area contributed by atoms with Crippen LogP contribution in [0.2, 0.25) is 0 Å². The molecule has 1 aromatic carbocycles. The zero-order valence-corrected chi connectivity index (χ0v) is 10.2. The first-order chi connectivity index (χ1) is 8.22. The summed E-state index contributed by atoms with van der Waals surface area (Å²) < 4.78 is 0. The molecule has 0 spiro atoms. The molecule has 0 heterocycles. The second-order valence-electron chi connectivity index (χ2n) is 3.92. The third kappa shape index (κ3) is 3.84. The number of nitrogens with two attached hydrogens (primary N) is 1. The van der Waals surface area contributed by atoms with Crippen molar-refractivity contribution in [1.29, 1.82) is 0 Å². The van der Waals surface area contributed by atoms with Crippen LogP contribution in [0.4, 0.5) is 0 Å². The lowest BCUT2D eigenvalue weighted by atomic mass is 10.1. The molecule has 4 nitrogen and oxygen atoms in total. The summed E-state index contributed by atoms with van der Waals surface area (Å²) in [5.41, 5.74) is 7.15. The average molecular weight is 236 g/mol. The standard InChI is InChI=1S/C13H20N2O2/c1-2-7-15(8-9-16)13(17)12-5-3-11(10-14)4-6-12/h3-6,16H,2,7-10,14H2,1H3. The molecular formula is C13H20N2O2. The number of carbonyl (C=O) groups excluding carboxylic acids is 1. The molecule has 0 aromatic heterocycles. The second-order valence-corrected chi connectivity index (χ2v) is 3.92. The quantitative estimate of drug-likeness (QED) is 0.774. The largest absolute Gasteiger partial charge is 0.395 e. The van der Waals surface area contributed by atoms with Gasteiger partial charge in [-0.2, -0.15) is 0 Å². The molecule has 4 heteroatoms. The Balaban J connectivity index is 2.77. The number of amides is 1. The lowest BCUT2D eigenvalue weighted by Gasteiger charge is -2.21. The topological polar surface area (TPSA) is 66.6 Å². The molecule has 3 N–H and O–H groups in total. The summed E-state index contributed by atoms with van der Waals surface area (Å²) in [6.45, 7) is 3.52. The van der Waals surface area contributed by atoms with Gasteiger partial charge in [-0.3, -0.25) is 4.79 Å². The summed E-state index contributed by atoms with van der Waals surface area (Å²) in [5.74, 6) is -0.0375. The van der Waals surface area contributed by atoms with Crippen molar-refractivity contribution in [2.24, 2.45) is 5.73 Å². The Hall–Kier alpha value is -1.39. The van der Waals surface area contributed by atoms with Crippen LogP contribution in [0.25, 0.3) is 0 Å². The van der Waals surface area contributed by atoms with Crippen molar-refractivity contribution in [3.63, 3.8) is 0 Å². The van der Waals surface area contributed by atoms with Crippen LogP contribution in [-0.2, 0) is 6.54 Å². The minimum atomic E-state index is -0.0375. The van der Waals surface area contributed by atoms with Gasteiger partial charge in [0, 0.05) is 25.2 Å². The van der Waals surface area contributed by atoms with Crippen molar-refractivity contribution >= 4 is 5.91 Å². The molecule has 1 rings (SSSR count). The number of nitrogens with zero attached hydrogens (tertiary/aromatic N) is 1. The zero-order chi connectivity index (χ0) is 12.7. The summed E-state index contributed by atoms with van der Waals surface area (Å²) in [6.07, 6.45) is 0.882. The van der Waals surface area contributed by atoms with E-state index in [4.69, 9.17) is 10.8 Å². The van der Waals surface area contributed by atoms with Gasteiger partial charge in [0.15, 0.2) is 0 Å². The van der Waals surface area contributed by atoms with Crippen LogP contribution in [0.5, 0.6) is 0 Å². The minimum absolute atomic E-state index is 0.00732. The molecule has 0 aliphatic heterocycles. The summed E-state index contributed by atoms with van der Waals surface area (Å²) in [7, 11) is 0. The van der Waals surface area contributed by atoms with E-state index in [9.17, 15) is 4.79 Å². The third-order valence-corrected chi connectivity index (χ3v) is 2.59. The van der Waals surface area contributed by atoms with Gasteiger partial charge in [-0.15, -0.1) is 0 Å². The Bertz CT molecular complexity index is 343. The van der Waals surface area contributed by atoms with Gasteiger partial charge in [-0.25, -0.2) is 0 Å². The fourth-order valence-electron chi connectivity index (χ4n) is 1.67. The van der Waals surface area contributed by atoms with Gasteiger partial charge < -0.3 is 15.7 Å². The number of rotatable bonds is 6. The van der Waals surface area contributed by atoms with Crippen molar-refractivity contribution in [2.45, 2.75) is 19.9 Å². The molecule has 0 atom stereocenters. The predicted molar refractivity (Wildman–Crippen MR) is 67.6 cm³/mol. The smallest absolute Gasteiger partial charge is 0.253 e. The van der Waals surface area contributed by atoms with Gasteiger partial charge in [0.05, 0.1) is 6.61 Å². The van der Waals surface area contributed by atoms with Crippen LogP contribution in [0.1, 0.15) is 29.3 Å². The van der Waals surface area contributed by atoms with Gasteiger partial charge in [-0.1, -0.05) is 19.1 Å². The first-order valence-electron chi connectivity index (χ1n) is 5.92. The number of aliphatic hydroxyl groups is 1. The molecule has 0 saturated heterocycles. The van der Waals surface area contributed by atoms with Crippen LogP contribution in [0, 0.1) is 0 Å². The van der Waals surface area contributed by atoms with Crippen molar-refractivity contribution in [3.05, 3.63) is 35.4 Å². The number of aliphatic hydroxyl groups excluding tert-OH is 1. The van der Waals surface area contributed by atoms with E-state index in [-0.39, 0.29) is 12.5 Å². The van der Waals surface area contributed by atoms with E-state index in [1.165, 1.54) is 0 Å². The summed E-state index contributed by atoms with van der Waals surface area (Å²) in [6, 6.07) is 7.28. The average Bonchev–Trinajstić information content (AvgIpc) is 2.38. The highest BCUT2D eigenvalue weighted by atomic mass is 16.3. The Labute approximate surface area is 102 Å². The Morgan fingerprint density at radius 1 is 1.29 bits per heavy atom. The first-order valence-corrected chi connectivity index (χ1v) is 5.92. The fourth-order valence-corrected chi connectivity index (χ4v) is 1.67. The normalized spacial score (nSPS) is 10.3. The summed E-state index contributed by atoms with van der Waals surface area (Å²) in [4.78, 5) is 13.8. The number of carbonyl (C=O) groups is 1. The molecule has 0 bridgehead atoms. The third-order valence-electron chi connectivity index (χ3n) is 2.59. The monoisotopic (exact) mass is 236 g/mol. The van der Waals surface area contributed by atoms with E-state index < -0.39 is 0 Å². The number of hydrogen-bond donors (Lipinski definition) is 2. The highest BCUT2D eigenvalue weighted by Crippen LogP contribution is 2.08. The van der Waals surface area contributed by atoms with E-state index in [1.54, 1.807) is 17.0 Å². The number of hydrogen-bond acceptors (Lipinski definition) is 3. The molecule has 17 heavy (non-hydrogen) atoms. The van der Waals surface area contributed by atoms with Gasteiger partial charge in [0.2, 0.25) is 0 Å². The zero-order valence-electron chi connectivity index (χ0n) is 10.2. The molecule has 94 valence electrons. The van der Waals surface area contributed by atoms with Crippen LogP contribution < -0.4 is 5.73 Å². The lowest BCUT2D eigenvalue weighted by molar-refractivity contribution is 0.0722. The van der Waals surface area contributed by atoms with Crippen molar-refractivity contribution in [1.82, 2.24) is 4.90 Å². The van der Waals surface area contributed by atoms with E-state index in [0.717, 1.165) is 12.0 Å². The van der Waals surface area contributed by atoms with Crippen LogP contribution >= 0.6 is 0 Å². The van der Waals surface area contributed by atoms with Crippen molar-refractivity contribution in [2.75, 3.05) is 19.7 Å². The van der Waals surface area contributed by atoms with E-state index >= 15 is 0 Å². The first kappa shape index (κ1) is 13.7. The fraction of sp³-hybridized carbons (Fsp3) is 0.462. The summed E-state index contributed by atoms with van der Waals surface area (Å²) >= 11 is 0. The van der Waals surface area contributed by atoms with E-state index in [2.05, 4.69) is 0 Å². The maximum atomic E-state index is 12.1. The van der Waals surface area contributed by atoms with Crippen molar-refractivity contribution < 1.29 is 9.90 Å². The van der Waals surface area contributed by atoms with E-state index in [1.807, 2.05) is 19.1 Å². The van der Waals surface area contributed by atoms with Crippen molar-refractivity contribution in [3.8, 4) is 0 Å². The van der Waals surface area contributed by atoms with Crippen LogP contribution in [0.15, 0.2) is 24.3 Å². The lowest BCUT2D eigenvalue weighted by Crippen LogP contribution is -2.34. The van der Waals surface area contributed by atoms with Gasteiger partial charge >= 0.3 is 0 Å². The van der Waals surface area contributed by atoms with Gasteiger partial charge in [0.1, 0.15) is 0 Å². The Morgan fingerprint density at radius 3 is 2.41 bits per heavy atom. The maximum Gasteiger partial charge on any atom is 0.253 e. The molecule has 1 aromatic rings. The highest BCUT2D eigenvalue weighted by Gasteiger charge is 2.13. The predicted octanol–water partition coefficient (Wildman–Crippen LogP) is 0.990. The van der Waals surface area contributed by atoms with Gasteiger partial charge in [0.25, 0.3) is 5.91 Å². The summed E-state index contributed by atoms with van der Waals surface area (Å²) in [5, 5.41) is 8.93. The molecular weight excluding hydrogens is 216 g/mol. The van der Waals surface area contributed by atoms with E-state index in [0.29, 0.717) is 25.2 Å².